The van der Waals surface area contributed by atoms with Gasteiger partial charge in [-0.25, -0.2) is 9.59 Å². The van der Waals surface area contributed by atoms with Gasteiger partial charge in [0.05, 0.1) is 30.2 Å². The van der Waals surface area contributed by atoms with Crippen molar-refractivity contribution in [1.82, 2.24) is 20.1 Å². The molecule has 8 heteroatoms. The van der Waals surface area contributed by atoms with Crippen molar-refractivity contribution in [2.45, 2.75) is 6.54 Å². The molecule has 2 rings (SSSR count). The Kier molecular flexibility index (Phi) is 3.94. The number of carbonyl (C=O) groups excluding carboxylic acids is 1. The summed E-state index contributed by atoms with van der Waals surface area (Å²) in [7, 11) is 1.62. The molecule has 0 bridgehead atoms. The zero-order chi connectivity index (χ0) is 14.5. The first-order valence-electron chi connectivity index (χ1n) is 5.74. The Balaban J connectivity index is 2.00. The lowest BCUT2D eigenvalue weighted by Crippen LogP contribution is -2.30. The van der Waals surface area contributed by atoms with Crippen LogP contribution in [0.5, 0.6) is 0 Å². The van der Waals surface area contributed by atoms with Crippen LogP contribution in [0.2, 0.25) is 0 Å². The number of nitrogens with zero attached hydrogens (tertiary/aromatic N) is 3. The maximum Gasteiger partial charge on any atom is 0.337 e. The van der Waals surface area contributed by atoms with Crippen LogP contribution >= 0.6 is 0 Å². The summed E-state index contributed by atoms with van der Waals surface area (Å²) in [5.74, 6) is -1.10. The van der Waals surface area contributed by atoms with Gasteiger partial charge in [0.2, 0.25) is 0 Å². The van der Waals surface area contributed by atoms with Gasteiger partial charge in [-0.1, -0.05) is 0 Å². The van der Waals surface area contributed by atoms with E-state index in [1.54, 1.807) is 19.4 Å². The smallest absolute Gasteiger partial charge is 0.337 e. The van der Waals surface area contributed by atoms with Gasteiger partial charge >= 0.3 is 12.0 Å². The monoisotopic (exact) mass is 275 g/mol. The molecule has 8 nitrogen and oxygen atoms in total. The topological polar surface area (TPSA) is 111 Å². The van der Waals surface area contributed by atoms with Crippen LogP contribution in [0.4, 0.5) is 10.5 Å². The van der Waals surface area contributed by atoms with Crippen LogP contribution in [0.15, 0.2) is 30.9 Å². The summed E-state index contributed by atoms with van der Waals surface area (Å²) in [4.78, 5) is 27.9. The van der Waals surface area contributed by atoms with E-state index in [1.165, 1.54) is 23.4 Å². The SMILES string of the molecule is CN(Cc1cn[nH]c1)C(=O)Nc1cncc(C(=O)O)c1. The molecule has 20 heavy (non-hydrogen) atoms. The van der Waals surface area contributed by atoms with Crippen LogP contribution in [-0.2, 0) is 6.54 Å². The van der Waals surface area contributed by atoms with Crippen molar-refractivity contribution >= 4 is 17.7 Å². The fraction of sp³-hybridized carbons (Fsp3) is 0.167. The lowest BCUT2D eigenvalue weighted by atomic mass is 10.2. The first kappa shape index (κ1) is 13.5. The standard InChI is InChI=1S/C12H13N5O3/c1-17(7-8-3-14-15-4-8)12(20)16-10-2-9(11(18)19)5-13-6-10/h2-6H,7H2,1H3,(H,14,15)(H,16,20)(H,18,19). The number of aromatic nitrogens is 3. The Morgan fingerprint density at radius 2 is 2.20 bits per heavy atom. The Morgan fingerprint density at radius 1 is 1.40 bits per heavy atom. The second kappa shape index (κ2) is 5.83. The molecule has 0 saturated carbocycles. The molecule has 0 unspecified atom stereocenters. The number of nitrogens with one attached hydrogen (secondary N) is 2. The highest BCUT2D eigenvalue weighted by Gasteiger charge is 2.11. The van der Waals surface area contributed by atoms with Gasteiger partial charge < -0.3 is 15.3 Å². The van der Waals surface area contributed by atoms with Crippen molar-refractivity contribution in [2.24, 2.45) is 0 Å². The Morgan fingerprint density at radius 3 is 2.85 bits per heavy atom. The molecule has 0 fully saturated rings. The molecule has 3 N–H and O–H groups in total. The number of carboxylic acid groups (broad SMARTS) is 1. The lowest BCUT2D eigenvalue weighted by Gasteiger charge is -2.17. The number of aromatic carboxylic acids is 1. The Labute approximate surface area is 114 Å². The number of H-pyrrole nitrogens is 1. The molecule has 0 aliphatic heterocycles. The zero-order valence-electron chi connectivity index (χ0n) is 10.7. The van der Waals surface area contributed by atoms with Crippen LogP contribution in [0.25, 0.3) is 0 Å². The van der Waals surface area contributed by atoms with Crippen LogP contribution in [0.3, 0.4) is 0 Å². The zero-order valence-corrected chi connectivity index (χ0v) is 10.7. The summed E-state index contributed by atoms with van der Waals surface area (Å²) in [6.07, 6.45) is 5.91. The minimum absolute atomic E-state index is 0.0142. The van der Waals surface area contributed by atoms with Gasteiger partial charge in [-0.3, -0.25) is 10.1 Å². The first-order chi connectivity index (χ1) is 9.56. The largest absolute Gasteiger partial charge is 0.478 e. The van der Waals surface area contributed by atoms with Gasteiger partial charge in [0, 0.05) is 25.0 Å². The highest BCUT2D eigenvalue weighted by molar-refractivity contribution is 5.92. The van der Waals surface area contributed by atoms with E-state index in [9.17, 15) is 9.59 Å². The van der Waals surface area contributed by atoms with E-state index in [2.05, 4.69) is 20.5 Å². The van der Waals surface area contributed by atoms with E-state index in [-0.39, 0.29) is 11.6 Å². The van der Waals surface area contributed by atoms with E-state index < -0.39 is 5.97 Å². The summed E-state index contributed by atoms with van der Waals surface area (Å²) < 4.78 is 0. The second-order valence-electron chi connectivity index (χ2n) is 4.16. The summed E-state index contributed by atoms with van der Waals surface area (Å²) in [5.41, 5.74) is 1.20. The molecule has 0 aliphatic carbocycles. The molecular weight excluding hydrogens is 262 g/mol. The number of rotatable bonds is 4. The average Bonchev–Trinajstić information content (AvgIpc) is 2.91. The molecule has 0 spiro atoms. The maximum absolute atomic E-state index is 11.9. The molecule has 2 aromatic heterocycles. The highest BCUT2D eigenvalue weighted by atomic mass is 16.4. The lowest BCUT2D eigenvalue weighted by molar-refractivity contribution is 0.0696. The number of carboxylic acids is 1. The van der Waals surface area contributed by atoms with Gasteiger partial charge in [0.15, 0.2) is 0 Å². The number of aromatic amines is 1. The number of amides is 2. The molecule has 0 aliphatic rings. The Bertz CT molecular complexity index is 611. The quantitative estimate of drug-likeness (QED) is 0.775. The van der Waals surface area contributed by atoms with Crippen molar-refractivity contribution in [2.75, 3.05) is 12.4 Å². The second-order valence-corrected chi connectivity index (χ2v) is 4.16. The van der Waals surface area contributed by atoms with Crippen molar-refractivity contribution in [3.63, 3.8) is 0 Å². The molecule has 0 saturated heterocycles. The first-order valence-corrected chi connectivity index (χ1v) is 5.74. The van der Waals surface area contributed by atoms with E-state index in [0.29, 0.717) is 12.2 Å². The van der Waals surface area contributed by atoms with E-state index >= 15 is 0 Å². The van der Waals surface area contributed by atoms with Crippen LogP contribution in [0.1, 0.15) is 15.9 Å². The molecule has 0 aromatic carbocycles. The van der Waals surface area contributed by atoms with Gasteiger partial charge in [-0.15, -0.1) is 0 Å². The summed E-state index contributed by atoms with van der Waals surface area (Å²) in [6.45, 7) is 0.383. The third-order valence-corrected chi connectivity index (χ3v) is 2.56. The minimum Gasteiger partial charge on any atom is -0.478 e. The van der Waals surface area contributed by atoms with Gasteiger partial charge in [0.1, 0.15) is 0 Å². The molecule has 2 amide bonds. The summed E-state index contributed by atoms with van der Waals surface area (Å²) >= 11 is 0. The number of carbonyl (C=O) groups is 2. The molecule has 2 heterocycles. The summed E-state index contributed by atoms with van der Waals surface area (Å²) in [5, 5.41) is 17.9. The number of hydrogen-bond acceptors (Lipinski definition) is 4. The maximum atomic E-state index is 11.9. The van der Waals surface area contributed by atoms with E-state index in [4.69, 9.17) is 5.11 Å². The molecule has 0 atom stereocenters. The van der Waals surface area contributed by atoms with Crippen LogP contribution in [-0.4, -0.2) is 44.2 Å². The Hall–Kier alpha value is -2.90. The molecule has 2 aromatic rings. The minimum atomic E-state index is -1.10. The van der Waals surface area contributed by atoms with Crippen LogP contribution in [0, 0.1) is 0 Å². The molecular formula is C12H13N5O3. The predicted octanol–water partition coefficient (Wildman–Crippen LogP) is 1.17. The van der Waals surface area contributed by atoms with Crippen molar-refractivity contribution in [1.29, 1.82) is 0 Å². The normalized spacial score (nSPS) is 10.1. The summed E-state index contributed by atoms with van der Waals surface area (Å²) in [6, 6.07) is 0.981. The third-order valence-electron chi connectivity index (χ3n) is 2.56. The highest BCUT2D eigenvalue weighted by Crippen LogP contribution is 2.10. The van der Waals surface area contributed by atoms with Crippen LogP contribution < -0.4 is 5.32 Å². The van der Waals surface area contributed by atoms with Gasteiger partial charge in [-0.05, 0) is 6.07 Å². The van der Waals surface area contributed by atoms with Crippen molar-refractivity contribution in [3.8, 4) is 0 Å². The predicted molar refractivity (Wildman–Crippen MR) is 70.3 cm³/mol. The van der Waals surface area contributed by atoms with Gasteiger partial charge in [-0.2, -0.15) is 5.10 Å². The average molecular weight is 275 g/mol. The molecule has 104 valence electrons. The van der Waals surface area contributed by atoms with Gasteiger partial charge in [0.25, 0.3) is 0 Å². The molecule has 0 radical (unpaired) electrons. The van der Waals surface area contributed by atoms with E-state index in [0.717, 1.165) is 5.56 Å². The van der Waals surface area contributed by atoms with E-state index in [1.807, 2.05) is 0 Å². The number of anilines is 1. The number of pyridine rings is 1. The third kappa shape index (κ3) is 3.31. The number of hydrogen-bond donors (Lipinski definition) is 3. The fourth-order valence-electron chi connectivity index (χ4n) is 1.55. The van der Waals surface area contributed by atoms with Crippen molar-refractivity contribution in [3.05, 3.63) is 42.0 Å². The van der Waals surface area contributed by atoms with Crippen molar-refractivity contribution < 1.29 is 14.7 Å². The fourth-order valence-corrected chi connectivity index (χ4v) is 1.55. The number of urea groups is 1.